The van der Waals surface area contributed by atoms with Gasteiger partial charge >= 0.3 is 0 Å². The maximum absolute atomic E-state index is 14.3. The molecule has 4 saturated carbocycles. The van der Waals surface area contributed by atoms with Gasteiger partial charge in [0.2, 0.25) is 23.5 Å². The van der Waals surface area contributed by atoms with Gasteiger partial charge in [-0.05, 0) is 88.3 Å². The van der Waals surface area contributed by atoms with E-state index in [1.807, 2.05) is 31.3 Å². The van der Waals surface area contributed by atoms with Crippen LogP contribution in [0.4, 0.5) is 0 Å². The molecule has 5 aliphatic rings. The van der Waals surface area contributed by atoms with E-state index in [2.05, 4.69) is 31.2 Å². The third kappa shape index (κ3) is 7.93. The SMILES string of the molecule is CC(NC(=O)C(NC(=O)c1ccnc2ccccc12)C12CC3CC(CC(C3)C1)C2)C(=O)NC(C(=O)C(=O)NCC(=O)N1CCN(C)CC1)C(C)C. The van der Waals surface area contributed by atoms with E-state index in [0.29, 0.717) is 47.3 Å². The lowest BCUT2D eigenvalue weighted by atomic mass is 9.47. The summed E-state index contributed by atoms with van der Waals surface area (Å²) in [5.74, 6) is -2.48. The molecule has 51 heavy (non-hydrogen) atoms. The lowest BCUT2D eigenvalue weighted by molar-refractivity contribution is -0.142. The summed E-state index contributed by atoms with van der Waals surface area (Å²) in [6, 6.07) is 5.92. The van der Waals surface area contributed by atoms with Gasteiger partial charge in [-0.15, -0.1) is 0 Å². The van der Waals surface area contributed by atoms with Crippen LogP contribution in [0.2, 0.25) is 0 Å². The molecule has 3 unspecified atom stereocenters. The number of piperazine rings is 1. The zero-order valence-corrected chi connectivity index (χ0v) is 30.1. The number of nitrogens with one attached hydrogen (secondary N) is 4. The third-order valence-corrected chi connectivity index (χ3v) is 11.6. The van der Waals surface area contributed by atoms with Gasteiger partial charge in [-0.25, -0.2) is 0 Å². The van der Waals surface area contributed by atoms with Crippen LogP contribution in [0.25, 0.3) is 10.9 Å². The molecule has 13 heteroatoms. The van der Waals surface area contributed by atoms with Gasteiger partial charge in [0, 0.05) is 43.2 Å². The van der Waals surface area contributed by atoms with E-state index < -0.39 is 53.0 Å². The highest BCUT2D eigenvalue weighted by Gasteiger charge is 2.56. The molecular formula is C38H51N7O6. The van der Waals surface area contributed by atoms with Crippen LogP contribution in [0.5, 0.6) is 0 Å². The van der Waals surface area contributed by atoms with E-state index in [-0.39, 0.29) is 18.4 Å². The molecule has 1 aliphatic heterocycles. The Hall–Kier alpha value is -4.39. The number of hydrogen-bond donors (Lipinski definition) is 4. The predicted molar refractivity (Wildman–Crippen MR) is 190 cm³/mol. The Morgan fingerprint density at radius 2 is 1.45 bits per heavy atom. The summed E-state index contributed by atoms with van der Waals surface area (Å²) in [6.45, 7) is 7.17. The number of Topliss-reactive ketones (excluding diaryl/α,β-unsaturated/α-hetero) is 1. The summed E-state index contributed by atoms with van der Waals surface area (Å²) in [5.41, 5.74) is 0.676. The Labute approximate surface area is 299 Å². The third-order valence-electron chi connectivity index (χ3n) is 11.6. The molecule has 2 aromatic rings. The number of amides is 5. The first-order chi connectivity index (χ1) is 24.3. The number of pyridine rings is 1. The number of carbonyl (C=O) groups excluding carboxylic acids is 6. The molecule has 1 saturated heterocycles. The predicted octanol–water partition coefficient (Wildman–Crippen LogP) is 1.65. The molecule has 274 valence electrons. The first-order valence-electron chi connectivity index (χ1n) is 18.4. The minimum atomic E-state index is -1.17. The molecule has 13 nitrogen and oxygen atoms in total. The van der Waals surface area contributed by atoms with Crippen molar-refractivity contribution in [1.29, 1.82) is 0 Å². The lowest BCUT2D eigenvalue weighted by Crippen LogP contribution is -2.64. The van der Waals surface area contributed by atoms with E-state index in [9.17, 15) is 28.8 Å². The van der Waals surface area contributed by atoms with Gasteiger partial charge in [-0.3, -0.25) is 33.8 Å². The Balaban J connectivity index is 1.13. The van der Waals surface area contributed by atoms with Crippen LogP contribution >= 0.6 is 0 Å². The average Bonchev–Trinajstić information content (AvgIpc) is 3.10. The van der Waals surface area contributed by atoms with E-state index in [1.165, 1.54) is 6.92 Å². The van der Waals surface area contributed by atoms with Gasteiger partial charge in [-0.2, -0.15) is 0 Å². The Morgan fingerprint density at radius 1 is 0.824 bits per heavy atom. The fourth-order valence-corrected chi connectivity index (χ4v) is 9.26. The van der Waals surface area contributed by atoms with Crippen molar-refractivity contribution < 1.29 is 28.8 Å². The maximum atomic E-state index is 14.3. The van der Waals surface area contributed by atoms with Crippen LogP contribution in [0.1, 0.15) is 69.7 Å². The number of hydrogen-bond acceptors (Lipinski definition) is 8. The van der Waals surface area contributed by atoms with Crippen molar-refractivity contribution in [2.24, 2.45) is 29.1 Å². The molecule has 3 atom stereocenters. The number of ketones is 1. The standard InChI is InChI=1S/C38H51N7O6/c1-22(2)31(32(47)36(50)40-21-30(46)45-13-11-44(4)12-14-45)42-34(48)23(3)41-37(51)33(38-18-24-15-25(19-38)17-26(16-24)20-38)43-35(49)28-9-10-39-29-8-6-5-7-27(28)29/h5-10,22-26,31,33H,11-21H2,1-4H3,(H,40,50)(H,41,51)(H,42,48)(H,43,49). The molecule has 5 fully saturated rings. The Kier molecular flexibility index (Phi) is 10.8. The molecule has 1 aromatic heterocycles. The van der Waals surface area contributed by atoms with Gasteiger partial charge in [-0.1, -0.05) is 32.0 Å². The minimum absolute atomic E-state index is 0.275. The van der Waals surface area contributed by atoms with Crippen molar-refractivity contribution in [2.75, 3.05) is 39.8 Å². The Bertz CT molecular complexity index is 1640. The van der Waals surface area contributed by atoms with Crippen LogP contribution in [-0.4, -0.2) is 108 Å². The highest BCUT2D eigenvalue weighted by atomic mass is 16.2. The molecule has 1 aromatic carbocycles. The molecule has 5 amide bonds. The number of likely N-dealkylation sites (N-methyl/N-ethyl adjacent to an activating group) is 1. The summed E-state index contributed by atoms with van der Waals surface area (Å²) in [4.78, 5) is 88.5. The summed E-state index contributed by atoms with van der Waals surface area (Å²) < 4.78 is 0. The fraction of sp³-hybridized carbons (Fsp3) is 0.605. The van der Waals surface area contributed by atoms with Crippen LogP contribution in [0.3, 0.4) is 0 Å². The zero-order chi connectivity index (χ0) is 36.4. The molecular weight excluding hydrogens is 650 g/mol. The quantitative estimate of drug-likeness (QED) is 0.242. The van der Waals surface area contributed by atoms with Gasteiger partial charge < -0.3 is 31.1 Å². The number of aromatic nitrogens is 1. The molecule has 4 N–H and O–H groups in total. The molecule has 4 aliphatic carbocycles. The second-order valence-electron chi connectivity index (χ2n) is 15.8. The van der Waals surface area contributed by atoms with Gasteiger partial charge in [0.05, 0.1) is 23.7 Å². The Morgan fingerprint density at radius 3 is 2.08 bits per heavy atom. The van der Waals surface area contributed by atoms with Crippen molar-refractivity contribution in [3.05, 3.63) is 42.1 Å². The van der Waals surface area contributed by atoms with Crippen LogP contribution in [-0.2, 0) is 24.0 Å². The minimum Gasteiger partial charge on any atom is -0.344 e. The second kappa shape index (κ2) is 15.1. The van der Waals surface area contributed by atoms with Crippen LogP contribution in [0, 0.1) is 29.1 Å². The summed E-state index contributed by atoms with van der Waals surface area (Å²) in [5, 5.41) is 11.7. The second-order valence-corrected chi connectivity index (χ2v) is 15.8. The van der Waals surface area contributed by atoms with Crippen molar-refractivity contribution in [2.45, 2.75) is 77.4 Å². The molecule has 2 heterocycles. The first kappa shape index (κ1) is 36.4. The summed E-state index contributed by atoms with van der Waals surface area (Å²) in [6.07, 6.45) is 7.55. The smallest absolute Gasteiger partial charge is 0.290 e. The number of para-hydroxylation sites is 1. The normalized spacial score (nSPS) is 25.9. The van der Waals surface area contributed by atoms with Gasteiger partial charge in [0.1, 0.15) is 12.1 Å². The summed E-state index contributed by atoms with van der Waals surface area (Å²) >= 11 is 0. The average molecular weight is 702 g/mol. The molecule has 0 spiro atoms. The number of fused-ring (bicyclic) bond motifs is 1. The van der Waals surface area contributed by atoms with Gasteiger partial charge in [0.15, 0.2) is 0 Å². The number of nitrogens with zero attached hydrogens (tertiary/aromatic N) is 3. The molecule has 4 bridgehead atoms. The highest BCUT2D eigenvalue weighted by Crippen LogP contribution is 2.61. The van der Waals surface area contributed by atoms with Crippen molar-refractivity contribution >= 4 is 46.2 Å². The summed E-state index contributed by atoms with van der Waals surface area (Å²) in [7, 11) is 1.97. The largest absolute Gasteiger partial charge is 0.344 e. The van der Waals surface area contributed by atoms with E-state index in [0.717, 1.165) is 51.6 Å². The fourth-order valence-electron chi connectivity index (χ4n) is 9.26. The molecule has 0 radical (unpaired) electrons. The van der Waals surface area contributed by atoms with E-state index in [4.69, 9.17) is 0 Å². The van der Waals surface area contributed by atoms with Crippen molar-refractivity contribution in [1.82, 2.24) is 36.1 Å². The first-order valence-corrected chi connectivity index (χ1v) is 18.4. The van der Waals surface area contributed by atoms with Gasteiger partial charge in [0.25, 0.3) is 11.8 Å². The zero-order valence-electron chi connectivity index (χ0n) is 30.1. The molecule has 7 rings (SSSR count). The number of carbonyl (C=O) groups is 6. The number of benzene rings is 1. The highest BCUT2D eigenvalue weighted by molar-refractivity contribution is 6.38. The van der Waals surface area contributed by atoms with E-state index >= 15 is 0 Å². The van der Waals surface area contributed by atoms with Crippen LogP contribution in [0.15, 0.2) is 36.5 Å². The lowest BCUT2D eigenvalue weighted by Gasteiger charge is -2.59. The van der Waals surface area contributed by atoms with Crippen molar-refractivity contribution in [3.8, 4) is 0 Å². The van der Waals surface area contributed by atoms with E-state index in [1.54, 1.807) is 31.0 Å². The van der Waals surface area contributed by atoms with Crippen LogP contribution < -0.4 is 21.3 Å². The number of rotatable bonds is 12. The topological polar surface area (TPSA) is 170 Å². The maximum Gasteiger partial charge on any atom is 0.290 e. The van der Waals surface area contributed by atoms with Crippen molar-refractivity contribution in [3.63, 3.8) is 0 Å². The monoisotopic (exact) mass is 701 g/mol.